The third-order valence-electron chi connectivity index (χ3n) is 3.36. The summed E-state index contributed by atoms with van der Waals surface area (Å²) in [4.78, 5) is 0. The number of ether oxygens (including phenoxy) is 1. The van der Waals surface area contributed by atoms with Crippen molar-refractivity contribution in [3.05, 3.63) is 33.8 Å². The Morgan fingerprint density at radius 3 is 2.82 bits per heavy atom. The number of hydrazine groups is 1. The van der Waals surface area contributed by atoms with Crippen molar-refractivity contribution in [2.45, 2.75) is 25.5 Å². The number of halogens is 2. The summed E-state index contributed by atoms with van der Waals surface area (Å²) >= 11 is 12.3. The molecule has 3 N–H and O–H groups in total. The summed E-state index contributed by atoms with van der Waals surface area (Å²) in [6.07, 6.45) is 1.14. The van der Waals surface area contributed by atoms with Crippen LogP contribution in [0.4, 0.5) is 0 Å². The molecule has 94 valence electrons. The van der Waals surface area contributed by atoms with Gasteiger partial charge in [0.1, 0.15) is 0 Å². The van der Waals surface area contributed by atoms with Gasteiger partial charge in [-0.3, -0.25) is 11.3 Å². The lowest BCUT2D eigenvalue weighted by Crippen LogP contribution is -2.36. The summed E-state index contributed by atoms with van der Waals surface area (Å²) in [5.74, 6) is 5.97. The molecule has 1 aromatic carbocycles. The molecule has 0 radical (unpaired) electrons. The highest BCUT2D eigenvalue weighted by Crippen LogP contribution is 2.37. The predicted octanol–water partition coefficient (Wildman–Crippen LogP) is 2.92. The topological polar surface area (TPSA) is 47.3 Å². The van der Waals surface area contributed by atoms with E-state index in [0.29, 0.717) is 16.0 Å². The zero-order valence-electron chi connectivity index (χ0n) is 9.62. The van der Waals surface area contributed by atoms with Crippen LogP contribution in [0.2, 0.25) is 10.0 Å². The lowest BCUT2D eigenvalue weighted by Gasteiger charge is -2.26. The molecule has 0 spiro atoms. The minimum absolute atomic E-state index is 0.0290. The highest BCUT2D eigenvalue weighted by Gasteiger charge is 2.33. The van der Waals surface area contributed by atoms with E-state index in [4.69, 9.17) is 33.8 Å². The summed E-state index contributed by atoms with van der Waals surface area (Å²) in [6, 6.07) is 5.58. The largest absolute Gasteiger partial charge is 0.378 e. The third kappa shape index (κ3) is 2.59. The first-order chi connectivity index (χ1) is 8.15. The molecule has 0 bridgehead atoms. The molecule has 3 unspecified atom stereocenters. The van der Waals surface area contributed by atoms with E-state index in [1.165, 1.54) is 0 Å². The molecule has 1 aliphatic rings. The quantitative estimate of drug-likeness (QED) is 0.658. The number of nitrogens with two attached hydrogens (primary N) is 1. The van der Waals surface area contributed by atoms with E-state index in [-0.39, 0.29) is 12.1 Å². The summed E-state index contributed by atoms with van der Waals surface area (Å²) in [6.45, 7) is 2.82. The summed E-state index contributed by atoms with van der Waals surface area (Å²) in [5, 5.41) is 1.12. The molecule has 0 aromatic heterocycles. The molecular formula is C12H16Cl2N2O. The molecule has 1 saturated heterocycles. The van der Waals surface area contributed by atoms with Crippen LogP contribution in [-0.4, -0.2) is 12.7 Å². The van der Waals surface area contributed by atoms with Gasteiger partial charge in [0.25, 0.3) is 0 Å². The minimum Gasteiger partial charge on any atom is -0.378 e. The Hall–Kier alpha value is -0.320. The number of nitrogens with one attached hydrogen (secondary N) is 1. The van der Waals surface area contributed by atoms with E-state index in [1.54, 1.807) is 6.07 Å². The fraction of sp³-hybridized carbons (Fsp3) is 0.500. The SMILES string of the molecule is CC1OCCC1C(NN)c1cccc(Cl)c1Cl. The van der Waals surface area contributed by atoms with Gasteiger partial charge in [0, 0.05) is 12.5 Å². The summed E-state index contributed by atoms with van der Waals surface area (Å²) in [7, 11) is 0. The van der Waals surface area contributed by atoms with Crippen molar-refractivity contribution in [3.8, 4) is 0 Å². The maximum atomic E-state index is 6.22. The first-order valence-electron chi connectivity index (χ1n) is 5.66. The van der Waals surface area contributed by atoms with Crippen LogP contribution < -0.4 is 11.3 Å². The number of benzene rings is 1. The molecule has 0 amide bonds. The van der Waals surface area contributed by atoms with Crippen LogP contribution >= 0.6 is 23.2 Å². The van der Waals surface area contributed by atoms with Gasteiger partial charge in [-0.1, -0.05) is 35.3 Å². The van der Waals surface area contributed by atoms with Gasteiger partial charge in [0.05, 0.1) is 22.2 Å². The van der Waals surface area contributed by atoms with E-state index in [9.17, 15) is 0 Å². The van der Waals surface area contributed by atoms with E-state index in [0.717, 1.165) is 18.6 Å². The zero-order chi connectivity index (χ0) is 12.4. The van der Waals surface area contributed by atoms with Crippen LogP contribution in [0.5, 0.6) is 0 Å². The van der Waals surface area contributed by atoms with Crippen molar-refractivity contribution < 1.29 is 4.74 Å². The summed E-state index contributed by atoms with van der Waals surface area (Å²) < 4.78 is 5.57. The van der Waals surface area contributed by atoms with Gasteiger partial charge in [-0.15, -0.1) is 0 Å². The van der Waals surface area contributed by atoms with Gasteiger partial charge in [-0.25, -0.2) is 0 Å². The highest BCUT2D eigenvalue weighted by atomic mass is 35.5. The van der Waals surface area contributed by atoms with E-state index < -0.39 is 0 Å². The Morgan fingerprint density at radius 2 is 2.24 bits per heavy atom. The predicted molar refractivity (Wildman–Crippen MR) is 70.0 cm³/mol. The second kappa shape index (κ2) is 5.55. The molecule has 17 heavy (non-hydrogen) atoms. The number of hydrogen-bond donors (Lipinski definition) is 2. The van der Waals surface area contributed by atoms with Gasteiger partial charge in [0.2, 0.25) is 0 Å². The smallest absolute Gasteiger partial charge is 0.0640 e. The monoisotopic (exact) mass is 274 g/mol. The Balaban J connectivity index is 2.31. The van der Waals surface area contributed by atoms with E-state index in [1.807, 2.05) is 12.1 Å². The van der Waals surface area contributed by atoms with Gasteiger partial charge in [0.15, 0.2) is 0 Å². The Labute approximate surface area is 111 Å². The maximum absolute atomic E-state index is 6.22. The molecule has 2 rings (SSSR count). The van der Waals surface area contributed by atoms with Crippen molar-refractivity contribution in [2.24, 2.45) is 11.8 Å². The van der Waals surface area contributed by atoms with Gasteiger partial charge >= 0.3 is 0 Å². The van der Waals surface area contributed by atoms with E-state index in [2.05, 4.69) is 12.3 Å². The number of hydrogen-bond acceptors (Lipinski definition) is 3. The molecule has 3 nitrogen and oxygen atoms in total. The molecular weight excluding hydrogens is 259 g/mol. The lowest BCUT2D eigenvalue weighted by atomic mass is 9.89. The molecule has 3 atom stereocenters. The normalized spacial score (nSPS) is 26.1. The van der Waals surface area contributed by atoms with Crippen molar-refractivity contribution >= 4 is 23.2 Å². The molecule has 1 aliphatic heterocycles. The minimum atomic E-state index is -0.0290. The highest BCUT2D eigenvalue weighted by molar-refractivity contribution is 6.42. The first-order valence-corrected chi connectivity index (χ1v) is 6.42. The van der Waals surface area contributed by atoms with Crippen LogP contribution in [0.3, 0.4) is 0 Å². The fourth-order valence-electron chi connectivity index (χ4n) is 2.39. The molecule has 1 heterocycles. The second-order valence-electron chi connectivity index (χ2n) is 4.32. The van der Waals surface area contributed by atoms with Crippen LogP contribution in [0, 0.1) is 5.92 Å². The second-order valence-corrected chi connectivity index (χ2v) is 5.10. The molecule has 0 saturated carbocycles. The van der Waals surface area contributed by atoms with Gasteiger partial charge in [-0.05, 0) is 25.0 Å². The van der Waals surface area contributed by atoms with Gasteiger partial charge < -0.3 is 4.74 Å². The standard InChI is InChI=1S/C12H16Cl2N2O/c1-7-8(5-6-17-7)12(16-15)9-3-2-4-10(13)11(9)14/h2-4,7-8,12,16H,5-6,15H2,1H3. The number of rotatable bonds is 3. The van der Waals surface area contributed by atoms with Crippen molar-refractivity contribution in [3.63, 3.8) is 0 Å². The average Bonchev–Trinajstić information content (AvgIpc) is 2.72. The van der Waals surface area contributed by atoms with Gasteiger partial charge in [-0.2, -0.15) is 0 Å². The molecule has 0 aliphatic carbocycles. The average molecular weight is 275 g/mol. The molecule has 5 heteroatoms. The molecule has 1 fully saturated rings. The third-order valence-corrected chi connectivity index (χ3v) is 4.19. The first kappa shape index (κ1) is 13.1. The molecule has 1 aromatic rings. The van der Waals surface area contributed by atoms with Crippen molar-refractivity contribution in [2.75, 3.05) is 6.61 Å². The van der Waals surface area contributed by atoms with Crippen LogP contribution in [-0.2, 0) is 4.74 Å². The Kier molecular flexibility index (Phi) is 4.28. The zero-order valence-corrected chi connectivity index (χ0v) is 11.1. The van der Waals surface area contributed by atoms with Crippen LogP contribution in [0.1, 0.15) is 24.9 Å². The lowest BCUT2D eigenvalue weighted by molar-refractivity contribution is 0.0954. The van der Waals surface area contributed by atoms with Crippen molar-refractivity contribution in [1.82, 2.24) is 5.43 Å². The Morgan fingerprint density at radius 1 is 1.47 bits per heavy atom. The fourth-order valence-corrected chi connectivity index (χ4v) is 2.82. The Bertz CT molecular complexity index is 400. The summed E-state index contributed by atoms with van der Waals surface area (Å²) in [5.41, 5.74) is 3.77. The van der Waals surface area contributed by atoms with Crippen molar-refractivity contribution in [1.29, 1.82) is 0 Å². The van der Waals surface area contributed by atoms with E-state index >= 15 is 0 Å². The maximum Gasteiger partial charge on any atom is 0.0640 e. The van der Waals surface area contributed by atoms with Crippen LogP contribution in [0.15, 0.2) is 18.2 Å². The van der Waals surface area contributed by atoms with Crippen LogP contribution in [0.25, 0.3) is 0 Å².